The zero-order chi connectivity index (χ0) is 13.2. The average molecular weight is 370 g/mol. The molecule has 1 aromatic carbocycles. The third-order valence-electron chi connectivity index (χ3n) is 3.01. The highest BCUT2D eigenvalue weighted by atomic mass is 79.9. The quantitative estimate of drug-likeness (QED) is 0.842. The van der Waals surface area contributed by atoms with Crippen LogP contribution in [0.2, 0.25) is 5.02 Å². The van der Waals surface area contributed by atoms with E-state index in [1.165, 1.54) is 0 Å². The molecule has 0 spiro atoms. The number of carbonyl (C=O) groups excluding carboxylic acids is 1. The molecule has 1 fully saturated rings. The Balaban J connectivity index is 0.00000180. The fraction of sp³-hybridized carbons (Fsp3) is 0.417. The number of benzene rings is 1. The summed E-state index contributed by atoms with van der Waals surface area (Å²) in [5.74, 6) is -0.181. The van der Waals surface area contributed by atoms with Gasteiger partial charge in [-0.05, 0) is 47.0 Å². The van der Waals surface area contributed by atoms with E-state index in [0.717, 1.165) is 4.47 Å². The maximum Gasteiger partial charge on any atom is 0.244 e. The van der Waals surface area contributed by atoms with Gasteiger partial charge in [-0.2, -0.15) is 0 Å². The first-order chi connectivity index (χ1) is 8.51. The first-order valence-corrected chi connectivity index (χ1v) is 6.81. The number of anilines is 1. The van der Waals surface area contributed by atoms with Gasteiger partial charge in [-0.25, -0.2) is 0 Å². The van der Waals surface area contributed by atoms with Crippen molar-refractivity contribution in [1.82, 2.24) is 0 Å². The first kappa shape index (κ1) is 16.7. The summed E-state index contributed by atoms with van der Waals surface area (Å²) in [6.07, 6.45) is 1.07. The number of nitrogens with one attached hydrogen (secondary N) is 1. The van der Waals surface area contributed by atoms with E-state index in [2.05, 4.69) is 21.2 Å². The van der Waals surface area contributed by atoms with Gasteiger partial charge in [-0.15, -0.1) is 12.4 Å². The Hall–Kier alpha value is -0.330. The zero-order valence-corrected chi connectivity index (χ0v) is 13.3. The van der Waals surface area contributed by atoms with Crippen molar-refractivity contribution in [2.24, 2.45) is 5.73 Å². The monoisotopic (exact) mass is 368 g/mol. The van der Waals surface area contributed by atoms with Crippen LogP contribution in [0.3, 0.4) is 0 Å². The van der Waals surface area contributed by atoms with Gasteiger partial charge in [0.25, 0.3) is 0 Å². The van der Waals surface area contributed by atoms with Crippen LogP contribution in [0.4, 0.5) is 5.69 Å². The van der Waals surface area contributed by atoms with Crippen molar-refractivity contribution >= 4 is 51.5 Å². The molecule has 1 aromatic rings. The molecular weight excluding hydrogens is 355 g/mol. The number of amides is 1. The zero-order valence-electron chi connectivity index (χ0n) is 10.1. The first-order valence-electron chi connectivity index (χ1n) is 5.64. The predicted octanol–water partition coefficient (Wildman–Crippen LogP) is 2.97. The van der Waals surface area contributed by atoms with Crippen LogP contribution >= 0.6 is 39.9 Å². The molecule has 0 atom stereocenters. The number of rotatable bonds is 2. The molecule has 1 aliphatic heterocycles. The highest BCUT2D eigenvalue weighted by molar-refractivity contribution is 9.10. The summed E-state index contributed by atoms with van der Waals surface area (Å²) in [7, 11) is 0. The number of hydrogen-bond donors (Lipinski definition) is 2. The van der Waals surface area contributed by atoms with Gasteiger partial charge in [-0.1, -0.05) is 11.6 Å². The van der Waals surface area contributed by atoms with Crippen LogP contribution in [0.5, 0.6) is 0 Å². The SMILES string of the molecule is Cl.NC1(C(=O)Nc2ccc(Cl)c(Br)c2)CCOCC1. The van der Waals surface area contributed by atoms with Gasteiger partial charge in [0.2, 0.25) is 5.91 Å². The van der Waals surface area contributed by atoms with E-state index >= 15 is 0 Å². The Morgan fingerprint density at radius 3 is 2.63 bits per heavy atom. The van der Waals surface area contributed by atoms with Gasteiger partial charge in [0.1, 0.15) is 5.54 Å². The molecule has 3 N–H and O–H groups in total. The topological polar surface area (TPSA) is 64.4 Å². The van der Waals surface area contributed by atoms with Crippen molar-refractivity contribution < 1.29 is 9.53 Å². The van der Waals surface area contributed by atoms with Crippen molar-refractivity contribution in [2.45, 2.75) is 18.4 Å². The molecule has 19 heavy (non-hydrogen) atoms. The minimum absolute atomic E-state index is 0. The molecule has 0 unspecified atom stereocenters. The smallest absolute Gasteiger partial charge is 0.244 e. The second kappa shape index (κ2) is 6.90. The number of carbonyl (C=O) groups is 1. The van der Waals surface area contributed by atoms with Crippen molar-refractivity contribution in [3.05, 3.63) is 27.7 Å². The molecule has 0 radical (unpaired) electrons. The fourth-order valence-corrected chi connectivity index (χ4v) is 2.29. The van der Waals surface area contributed by atoms with E-state index in [0.29, 0.717) is 36.8 Å². The molecule has 106 valence electrons. The number of halogens is 3. The second-order valence-corrected chi connectivity index (χ2v) is 5.61. The summed E-state index contributed by atoms with van der Waals surface area (Å²) in [6.45, 7) is 1.04. The molecule has 0 bridgehead atoms. The molecule has 1 amide bonds. The third-order valence-corrected chi connectivity index (χ3v) is 4.23. The van der Waals surface area contributed by atoms with E-state index in [9.17, 15) is 4.79 Å². The van der Waals surface area contributed by atoms with Crippen LogP contribution in [0.25, 0.3) is 0 Å². The lowest BCUT2D eigenvalue weighted by Crippen LogP contribution is -2.54. The Labute approximate surface area is 131 Å². The van der Waals surface area contributed by atoms with Gasteiger partial charge in [-0.3, -0.25) is 4.79 Å². The van der Waals surface area contributed by atoms with Gasteiger partial charge >= 0.3 is 0 Å². The summed E-state index contributed by atoms with van der Waals surface area (Å²) in [4.78, 5) is 12.1. The van der Waals surface area contributed by atoms with E-state index in [4.69, 9.17) is 22.1 Å². The normalized spacial score (nSPS) is 17.4. The highest BCUT2D eigenvalue weighted by Crippen LogP contribution is 2.26. The fourth-order valence-electron chi connectivity index (χ4n) is 1.79. The van der Waals surface area contributed by atoms with Crippen molar-refractivity contribution in [3.63, 3.8) is 0 Å². The van der Waals surface area contributed by atoms with Gasteiger partial charge in [0, 0.05) is 23.4 Å². The van der Waals surface area contributed by atoms with Crippen LogP contribution in [0, 0.1) is 0 Å². The standard InChI is InChI=1S/C12H14BrClN2O2.ClH/c13-9-7-8(1-2-10(9)14)16-11(17)12(15)3-5-18-6-4-12;/h1-2,7H,3-6,15H2,(H,16,17);1H. The molecular formula is C12H15BrCl2N2O2. The number of ether oxygens (including phenoxy) is 1. The van der Waals surface area contributed by atoms with Crippen LogP contribution in [-0.4, -0.2) is 24.7 Å². The average Bonchev–Trinajstić information content (AvgIpc) is 2.35. The van der Waals surface area contributed by atoms with Crippen LogP contribution in [0.15, 0.2) is 22.7 Å². The largest absolute Gasteiger partial charge is 0.381 e. The number of hydrogen-bond acceptors (Lipinski definition) is 3. The maximum absolute atomic E-state index is 12.1. The summed E-state index contributed by atoms with van der Waals surface area (Å²) in [6, 6.07) is 5.21. The van der Waals surface area contributed by atoms with Gasteiger partial charge in [0.05, 0.1) is 5.02 Å². The molecule has 1 saturated heterocycles. The molecule has 2 rings (SSSR count). The van der Waals surface area contributed by atoms with Crippen LogP contribution in [-0.2, 0) is 9.53 Å². The third kappa shape index (κ3) is 4.07. The summed E-state index contributed by atoms with van der Waals surface area (Å²) < 4.78 is 5.95. The lowest BCUT2D eigenvalue weighted by Gasteiger charge is -2.31. The summed E-state index contributed by atoms with van der Waals surface area (Å²) in [5, 5.41) is 3.41. The molecule has 0 aliphatic carbocycles. The summed E-state index contributed by atoms with van der Waals surface area (Å²) >= 11 is 9.20. The lowest BCUT2D eigenvalue weighted by molar-refractivity contribution is -0.124. The van der Waals surface area contributed by atoms with E-state index in [-0.39, 0.29) is 18.3 Å². The minimum Gasteiger partial charge on any atom is -0.381 e. The van der Waals surface area contributed by atoms with Crippen molar-refractivity contribution in [1.29, 1.82) is 0 Å². The Kier molecular flexibility index (Phi) is 6.08. The molecule has 1 aliphatic rings. The highest BCUT2D eigenvalue weighted by Gasteiger charge is 2.35. The number of nitrogens with two attached hydrogens (primary N) is 1. The Morgan fingerprint density at radius 2 is 2.05 bits per heavy atom. The minimum atomic E-state index is -0.843. The molecule has 0 aromatic heterocycles. The molecule has 4 nitrogen and oxygen atoms in total. The van der Waals surface area contributed by atoms with E-state index < -0.39 is 5.54 Å². The molecule has 7 heteroatoms. The van der Waals surface area contributed by atoms with E-state index in [1.807, 2.05) is 0 Å². The lowest BCUT2D eigenvalue weighted by atomic mass is 9.90. The van der Waals surface area contributed by atoms with Crippen molar-refractivity contribution in [3.8, 4) is 0 Å². The van der Waals surface area contributed by atoms with Crippen molar-refractivity contribution in [2.75, 3.05) is 18.5 Å². The van der Waals surface area contributed by atoms with Gasteiger partial charge < -0.3 is 15.8 Å². The summed E-state index contributed by atoms with van der Waals surface area (Å²) in [5.41, 5.74) is 5.92. The van der Waals surface area contributed by atoms with Gasteiger partial charge in [0.15, 0.2) is 0 Å². The maximum atomic E-state index is 12.1. The Bertz CT molecular complexity index is 465. The second-order valence-electron chi connectivity index (χ2n) is 4.35. The molecule has 1 heterocycles. The predicted molar refractivity (Wildman–Crippen MR) is 82.0 cm³/mol. The molecule has 0 saturated carbocycles. The van der Waals surface area contributed by atoms with Crippen LogP contribution < -0.4 is 11.1 Å². The van der Waals surface area contributed by atoms with Crippen LogP contribution in [0.1, 0.15) is 12.8 Å². The van der Waals surface area contributed by atoms with E-state index in [1.54, 1.807) is 18.2 Å². The Morgan fingerprint density at radius 1 is 1.42 bits per heavy atom.